The molecule has 0 spiro atoms. The fraction of sp³-hybridized carbons (Fsp3) is 0.533. The standard InChI is InChI=1S/C15H19N3O2S/c1-11(19)17-6-4-15(2,10-17)14(20)18-7-8-21-13-3-5-16-9-12(13)18/h3,5,9H,4,6-8,10H2,1-2H3. The summed E-state index contributed by atoms with van der Waals surface area (Å²) in [6.45, 7) is 5.42. The number of rotatable bonds is 1. The van der Waals surface area contributed by atoms with E-state index in [1.54, 1.807) is 36.0 Å². The number of amides is 2. The summed E-state index contributed by atoms with van der Waals surface area (Å²) in [5, 5.41) is 0. The molecule has 3 rings (SSSR count). The minimum Gasteiger partial charge on any atom is -0.342 e. The minimum atomic E-state index is -0.485. The van der Waals surface area contributed by atoms with Crippen LogP contribution in [0.5, 0.6) is 0 Å². The number of carbonyl (C=O) groups is 2. The SMILES string of the molecule is CC(=O)N1CCC(C)(C(=O)N2CCSc3ccncc32)C1. The molecule has 0 aromatic carbocycles. The summed E-state index contributed by atoms with van der Waals surface area (Å²) in [6.07, 6.45) is 4.25. The van der Waals surface area contributed by atoms with E-state index in [1.807, 2.05) is 17.9 Å². The molecule has 0 N–H and O–H groups in total. The zero-order valence-electron chi connectivity index (χ0n) is 12.3. The molecule has 21 heavy (non-hydrogen) atoms. The first-order valence-corrected chi connectivity index (χ1v) is 8.14. The van der Waals surface area contributed by atoms with Crippen molar-refractivity contribution in [3.8, 4) is 0 Å². The number of aromatic nitrogens is 1. The van der Waals surface area contributed by atoms with Crippen LogP contribution in [0.3, 0.4) is 0 Å². The van der Waals surface area contributed by atoms with Crippen LogP contribution in [0.2, 0.25) is 0 Å². The lowest BCUT2D eigenvalue weighted by molar-refractivity contribution is -0.130. The Kier molecular flexibility index (Phi) is 3.65. The van der Waals surface area contributed by atoms with E-state index in [0.717, 1.165) is 22.8 Å². The Morgan fingerprint density at radius 1 is 1.38 bits per heavy atom. The summed E-state index contributed by atoms with van der Waals surface area (Å²) < 4.78 is 0. The minimum absolute atomic E-state index is 0.0443. The summed E-state index contributed by atoms with van der Waals surface area (Å²) in [7, 11) is 0. The summed E-state index contributed by atoms with van der Waals surface area (Å²) in [5.74, 6) is 1.05. The Hall–Kier alpha value is -1.56. The van der Waals surface area contributed by atoms with Gasteiger partial charge in [0, 0.05) is 43.4 Å². The van der Waals surface area contributed by atoms with E-state index in [4.69, 9.17) is 0 Å². The number of nitrogens with zero attached hydrogens (tertiary/aromatic N) is 3. The van der Waals surface area contributed by atoms with Crippen molar-refractivity contribution >= 4 is 29.3 Å². The highest BCUT2D eigenvalue weighted by Gasteiger charge is 2.44. The highest BCUT2D eigenvalue weighted by molar-refractivity contribution is 7.99. The summed E-state index contributed by atoms with van der Waals surface area (Å²) in [6, 6.07) is 1.96. The quantitative estimate of drug-likeness (QED) is 0.793. The molecule has 0 bridgehead atoms. The van der Waals surface area contributed by atoms with Crippen molar-refractivity contribution in [3.05, 3.63) is 18.5 Å². The van der Waals surface area contributed by atoms with Crippen LogP contribution in [0.1, 0.15) is 20.3 Å². The molecule has 2 aliphatic rings. The third-order valence-corrected chi connectivity index (χ3v) is 5.35. The van der Waals surface area contributed by atoms with Gasteiger partial charge in [-0.15, -0.1) is 11.8 Å². The molecule has 0 radical (unpaired) electrons. The first-order valence-electron chi connectivity index (χ1n) is 7.15. The zero-order valence-corrected chi connectivity index (χ0v) is 13.2. The van der Waals surface area contributed by atoms with Gasteiger partial charge < -0.3 is 9.80 Å². The van der Waals surface area contributed by atoms with E-state index in [0.29, 0.717) is 19.6 Å². The number of likely N-dealkylation sites (tertiary alicyclic amines) is 1. The molecule has 112 valence electrons. The zero-order chi connectivity index (χ0) is 15.0. The smallest absolute Gasteiger partial charge is 0.234 e. The molecular weight excluding hydrogens is 286 g/mol. The lowest BCUT2D eigenvalue weighted by atomic mass is 9.87. The lowest BCUT2D eigenvalue weighted by Crippen LogP contribution is -2.46. The van der Waals surface area contributed by atoms with Gasteiger partial charge in [-0.2, -0.15) is 0 Å². The third kappa shape index (κ3) is 2.52. The Bertz CT molecular complexity index is 592. The normalized spacial score (nSPS) is 24.9. The van der Waals surface area contributed by atoms with Gasteiger partial charge in [0.15, 0.2) is 0 Å². The number of thioether (sulfide) groups is 1. The molecule has 1 saturated heterocycles. The summed E-state index contributed by atoms with van der Waals surface area (Å²) in [4.78, 5) is 33.4. The van der Waals surface area contributed by atoms with E-state index in [2.05, 4.69) is 4.98 Å². The molecular formula is C15H19N3O2S. The highest BCUT2D eigenvalue weighted by atomic mass is 32.2. The van der Waals surface area contributed by atoms with Gasteiger partial charge in [0.05, 0.1) is 17.3 Å². The van der Waals surface area contributed by atoms with Gasteiger partial charge in [0.25, 0.3) is 0 Å². The van der Waals surface area contributed by atoms with Crippen LogP contribution in [-0.2, 0) is 9.59 Å². The third-order valence-electron chi connectivity index (χ3n) is 4.30. The van der Waals surface area contributed by atoms with E-state index in [9.17, 15) is 9.59 Å². The number of hydrogen-bond donors (Lipinski definition) is 0. The van der Waals surface area contributed by atoms with E-state index in [-0.39, 0.29) is 11.8 Å². The molecule has 1 aromatic heterocycles. The number of fused-ring (bicyclic) bond motifs is 1. The van der Waals surface area contributed by atoms with Crippen molar-refractivity contribution in [1.82, 2.24) is 9.88 Å². The Morgan fingerprint density at radius 3 is 2.90 bits per heavy atom. The number of carbonyl (C=O) groups excluding carboxylic acids is 2. The monoisotopic (exact) mass is 305 g/mol. The average molecular weight is 305 g/mol. The van der Waals surface area contributed by atoms with E-state index >= 15 is 0 Å². The van der Waals surface area contributed by atoms with Crippen molar-refractivity contribution in [2.45, 2.75) is 25.2 Å². The van der Waals surface area contributed by atoms with Crippen molar-refractivity contribution in [1.29, 1.82) is 0 Å². The van der Waals surface area contributed by atoms with Crippen molar-refractivity contribution in [2.24, 2.45) is 5.41 Å². The van der Waals surface area contributed by atoms with Gasteiger partial charge >= 0.3 is 0 Å². The molecule has 0 aliphatic carbocycles. The molecule has 1 atom stereocenters. The molecule has 1 aromatic rings. The second-order valence-electron chi connectivity index (χ2n) is 5.90. The van der Waals surface area contributed by atoms with Crippen molar-refractivity contribution in [3.63, 3.8) is 0 Å². The van der Waals surface area contributed by atoms with Crippen LogP contribution in [0, 0.1) is 5.41 Å². The molecule has 3 heterocycles. The van der Waals surface area contributed by atoms with Gasteiger partial charge in [0.2, 0.25) is 11.8 Å². The largest absolute Gasteiger partial charge is 0.342 e. The van der Waals surface area contributed by atoms with Gasteiger partial charge in [-0.3, -0.25) is 14.6 Å². The van der Waals surface area contributed by atoms with Crippen LogP contribution in [0.15, 0.2) is 23.4 Å². The van der Waals surface area contributed by atoms with Crippen LogP contribution in [-0.4, -0.2) is 47.1 Å². The van der Waals surface area contributed by atoms with Crippen molar-refractivity contribution < 1.29 is 9.59 Å². The Morgan fingerprint density at radius 2 is 2.19 bits per heavy atom. The van der Waals surface area contributed by atoms with Gasteiger partial charge in [-0.25, -0.2) is 0 Å². The van der Waals surface area contributed by atoms with Crippen LogP contribution in [0.4, 0.5) is 5.69 Å². The second kappa shape index (κ2) is 5.33. The summed E-state index contributed by atoms with van der Waals surface area (Å²) in [5.41, 5.74) is 0.419. The molecule has 6 heteroatoms. The summed E-state index contributed by atoms with van der Waals surface area (Å²) >= 11 is 1.76. The number of anilines is 1. The Labute approximate surface area is 128 Å². The first kappa shape index (κ1) is 14.4. The van der Waals surface area contributed by atoms with Crippen molar-refractivity contribution in [2.75, 3.05) is 30.3 Å². The highest BCUT2D eigenvalue weighted by Crippen LogP contribution is 2.39. The van der Waals surface area contributed by atoms with Gasteiger partial charge in [-0.1, -0.05) is 0 Å². The fourth-order valence-electron chi connectivity index (χ4n) is 3.01. The molecule has 0 saturated carbocycles. The molecule has 5 nitrogen and oxygen atoms in total. The maximum atomic E-state index is 13.0. The maximum absolute atomic E-state index is 13.0. The second-order valence-corrected chi connectivity index (χ2v) is 7.04. The molecule has 1 fully saturated rings. The predicted molar refractivity (Wildman–Crippen MR) is 82.3 cm³/mol. The van der Waals surface area contributed by atoms with E-state index in [1.165, 1.54) is 0 Å². The van der Waals surface area contributed by atoms with Crippen LogP contribution in [0.25, 0.3) is 0 Å². The van der Waals surface area contributed by atoms with Crippen LogP contribution < -0.4 is 4.90 Å². The van der Waals surface area contributed by atoms with Gasteiger partial charge in [0.1, 0.15) is 0 Å². The lowest BCUT2D eigenvalue weighted by Gasteiger charge is -2.34. The average Bonchev–Trinajstić information content (AvgIpc) is 2.90. The maximum Gasteiger partial charge on any atom is 0.234 e. The Balaban J connectivity index is 1.85. The van der Waals surface area contributed by atoms with Crippen LogP contribution >= 0.6 is 11.8 Å². The topological polar surface area (TPSA) is 53.5 Å². The molecule has 2 amide bonds. The predicted octanol–water partition coefficient (Wildman–Crippen LogP) is 1.78. The molecule has 2 aliphatic heterocycles. The number of pyridine rings is 1. The van der Waals surface area contributed by atoms with Gasteiger partial charge in [-0.05, 0) is 19.4 Å². The molecule has 1 unspecified atom stereocenters. The number of hydrogen-bond acceptors (Lipinski definition) is 4. The van der Waals surface area contributed by atoms with E-state index < -0.39 is 5.41 Å². The fourth-order valence-corrected chi connectivity index (χ4v) is 3.97. The first-order chi connectivity index (χ1) is 10.0.